The Morgan fingerprint density at radius 2 is 0.979 bits per heavy atom. The summed E-state index contributed by atoms with van der Waals surface area (Å²) >= 11 is 0. The first kappa shape index (κ1) is 27.4. The first-order valence-electron chi connectivity index (χ1n) is 15.9. The van der Waals surface area contributed by atoms with Crippen molar-refractivity contribution in [1.29, 1.82) is 5.26 Å². The highest BCUT2D eigenvalue weighted by Crippen LogP contribution is 2.44. The van der Waals surface area contributed by atoms with Gasteiger partial charge in [0.2, 0.25) is 0 Å². The van der Waals surface area contributed by atoms with Crippen molar-refractivity contribution in [1.82, 2.24) is 9.13 Å². The molecule has 0 saturated carbocycles. The number of para-hydroxylation sites is 5. The Balaban J connectivity index is 1.34. The summed E-state index contributed by atoms with van der Waals surface area (Å²) in [5, 5.41) is 15.3. The SMILES string of the molecule is [C-]#[N+]c1ccc(-n2c3ccccc3c3ccccc32)cc1-c1c(C#N)cccc1-c1ccccc1-n1c2ccccc2c2ccccc21. The molecule has 9 aromatic rings. The molecule has 0 unspecified atom stereocenters. The van der Waals surface area contributed by atoms with Gasteiger partial charge in [0.25, 0.3) is 0 Å². The van der Waals surface area contributed by atoms with Gasteiger partial charge < -0.3 is 9.13 Å². The fourth-order valence-electron chi connectivity index (χ4n) is 7.40. The molecule has 9 rings (SSSR count). The van der Waals surface area contributed by atoms with E-state index in [1.807, 2.05) is 30.3 Å². The van der Waals surface area contributed by atoms with Crippen LogP contribution in [0.2, 0.25) is 0 Å². The minimum atomic E-state index is 0.498. The largest absolute Gasteiger partial charge is 0.309 e. The number of nitrogens with zero attached hydrogens (tertiary/aromatic N) is 4. The molecule has 0 aliphatic heterocycles. The maximum absolute atomic E-state index is 10.5. The van der Waals surface area contributed by atoms with E-state index in [1.165, 1.54) is 21.5 Å². The van der Waals surface area contributed by atoms with Crippen LogP contribution in [0.25, 0.3) is 82.1 Å². The van der Waals surface area contributed by atoms with E-state index in [0.717, 1.165) is 55.7 Å². The molecular weight excluding hydrogens is 585 g/mol. The lowest BCUT2D eigenvalue weighted by Crippen LogP contribution is -2.00. The summed E-state index contributed by atoms with van der Waals surface area (Å²) in [5.74, 6) is 0. The molecule has 222 valence electrons. The highest BCUT2D eigenvalue weighted by atomic mass is 15.0. The van der Waals surface area contributed by atoms with Crippen LogP contribution in [-0.2, 0) is 0 Å². The van der Waals surface area contributed by atoms with Gasteiger partial charge in [-0.3, -0.25) is 0 Å². The van der Waals surface area contributed by atoms with Gasteiger partial charge in [-0.05, 0) is 65.2 Å². The number of fused-ring (bicyclic) bond motifs is 6. The standard InChI is InChI=1S/C44H26N4/c1-46-38-26-25-30(47-39-20-7-2-14-31(39)32-15-3-8-21-40(32)47)27-37(38)44-29(28-45)13-12-19-36(44)35-18-6-11-24-43(35)48-41-22-9-4-16-33(41)34-17-5-10-23-42(34)48/h2-27H. The number of hydrogen-bond donors (Lipinski definition) is 0. The number of rotatable bonds is 4. The molecule has 0 spiro atoms. The molecule has 0 N–H and O–H groups in total. The van der Waals surface area contributed by atoms with Crippen molar-refractivity contribution < 1.29 is 0 Å². The van der Waals surface area contributed by atoms with E-state index in [1.54, 1.807) is 0 Å². The third kappa shape index (κ3) is 4.01. The summed E-state index contributed by atoms with van der Waals surface area (Å²) in [6.45, 7) is 8.21. The quantitative estimate of drug-likeness (QED) is 0.183. The van der Waals surface area contributed by atoms with Crippen LogP contribution in [0.3, 0.4) is 0 Å². The number of aromatic nitrogens is 2. The molecule has 2 aromatic heterocycles. The monoisotopic (exact) mass is 610 g/mol. The highest BCUT2D eigenvalue weighted by Gasteiger charge is 2.22. The summed E-state index contributed by atoms with van der Waals surface area (Å²) in [6.07, 6.45) is 0. The summed E-state index contributed by atoms with van der Waals surface area (Å²) in [4.78, 5) is 3.98. The molecule has 4 heteroatoms. The van der Waals surface area contributed by atoms with E-state index in [0.29, 0.717) is 11.3 Å². The van der Waals surface area contributed by atoms with Gasteiger partial charge in [0.05, 0.1) is 46.0 Å². The van der Waals surface area contributed by atoms with Crippen molar-refractivity contribution in [3.8, 4) is 39.7 Å². The molecule has 0 atom stereocenters. The van der Waals surface area contributed by atoms with Crippen LogP contribution in [0.5, 0.6) is 0 Å². The second-order valence-corrected chi connectivity index (χ2v) is 11.9. The van der Waals surface area contributed by atoms with Crippen LogP contribution in [0.15, 0.2) is 158 Å². The predicted molar refractivity (Wildman–Crippen MR) is 197 cm³/mol. The fourth-order valence-corrected chi connectivity index (χ4v) is 7.40. The first-order chi connectivity index (χ1) is 23.8. The molecule has 2 heterocycles. The van der Waals surface area contributed by atoms with Crippen molar-refractivity contribution in [2.75, 3.05) is 0 Å². The molecular formula is C44H26N4. The van der Waals surface area contributed by atoms with Crippen LogP contribution < -0.4 is 0 Å². The molecule has 0 aliphatic carbocycles. The van der Waals surface area contributed by atoms with Crippen molar-refractivity contribution in [3.05, 3.63) is 175 Å². The molecule has 0 saturated heterocycles. The molecule has 4 nitrogen and oxygen atoms in total. The lowest BCUT2D eigenvalue weighted by molar-refractivity contribution is 1.18. The summed E-state index contributed by atoms with van der Waals surface area (Å²) < 4.78 is 4.57. The van der Waals surface area contributed by atoms with Gasteiger partial charge >= 0.3 is 0 Å². The van der Waals surface area contributed by atoms with E-state index in [4.69, 9.17) is 6.57 Å². The van der Waals surface area contributed by atoms with E-state index in [9.17, 15) is 5.26 Å². The molecule has 48 heavy (non-hydrogen) atoms. The molecule has 0 radical (unpaired) electrons. The van der Waals surface area contributed by atoms with Gasteiger partial charge in [-0.1, -0.05) is 109 Å². The van der Waals surface area contributed by atoms with Crippen molar-refractivity contribution in [3.63, 3.8) is 0 Å². The average Bonchev–Trinajstić information content (AvgIpc) is 3.67. The number of benzene rings is 7. The van der Waals surface area contributed by atoms with E-state index < -0.39 is 0 Å². The van der Waals surface area contributed by atoms with Crippen LogP contribution in [0.1, 0.15) is 5.56 Å². The van der Waals surface area contributed by atoms with Crippen molar-refractivity contribution in [2.45, 2.75) is 0 Å². The van der Waals surface area contributed by atoms with E-state index >= 15 is 0 Å². The van der Waals surface area contributed by atoms with Crippen molar-refractivity contribution in [2.24, 2.45) is 0 Å². The predicted octanol–water partition coefficient (Wildman–Crippen LogP) is 11.6. The Labute approximate surface area is 277 Å². The Morgan fingerprint density at radius 3 is 1.54 bits per heavy atom. The zero-order valence-corrected chi connectivity index (χ0v) is 25.8. The second-order valence-electron chi connectivity index (χ2n) is 11.9. The maximum atomic E-state index is 10.5. The van der Waals surface area contributed by atoms with Gasteiger partial charge in [0.1, 0.15) is 0 Å². The molecule has 7 aromatic carbocycles. The fraction of sp³-hybridized carbons (Fsp3) is 0. The average molecular weight is 611 g/mol. The van der Waals surface area contributed by atoms with Gasteiger partial charge in [-0.15, -0.1) is 0 Å². The Bertz CT molecular complexity index is 2710. The zero-order valence-electron chi connectivity index (χ0n) is 25.8. The minimum absolute atomic E-state index is 0.498. The lowest BCUT2D eigenvalue weighted by Gasteiger charge is -2.19. The molecule has 0 amide bonds. The number of hydrogen-bond acceptors (Lipinski definition) is 1. The number of nitriles is 1. The third-order valence-electron chi connectivity index (χ3n) is 9.41. The minimum Gasteiger partial charge on any atom is -0.309 e. The van der Waals surface area contributed by atoms with Gasteiger partial charge in [0, 0.05) is 32.8 Å². The van der Waals surface area contributed by atoms with Gasteiger partial charge in [0.15, 0.2) is 5.69 Å². The summed E-state index contributed by atoms with van der Waals surface area (Å²) in [6, 6.07) is 56.4. The smallest absolute Gasteiger partial charge is 0.195 e. The molecule has 0 fully saturated rings. The van der Waals surface area contributed by atoms with E-state index in [2.05, 4.69) is 147 Å². The highest BCUT2D eigenvalue weighted by molar-refractivity contribution is 6.11. The van der Waals surface area contributed by atoms with Crippen LogP contribution in [0.4, 0.5) is 5.69 Å². The van der Waals surface area contributed by atoms with Crippen LogP contribution in [-0.4, -0.2) is 9.13 Å². The zero-order chi connectivity index (χ0) is 32.2. The topological polar surface area (TPSA) is 38.0 Å². The third-order valence-corrected chi connectivity index (χ3v) is 9.41. The second kappa shape index (κ2) is 10.9. The molecule has 0 bridgehead atoms. The normalized spacial score (nSPS) is 11.3. The summed E-state index contributed by atoms with van der Waals surface area (Å²) in [7, 11) is 0. The Kier molecular flexibility index (Phi) is 6.22. The Hall–Kier alpha value is -6.88. The van der Waals surface area contributed by atoms with Gasteiger partial charge in [-0.2, -0.15) is 5.26 Å². The van der Waals surface area contributed by atoms with Crippen molar-refractivity contribution >= 4 is 49.3 Å². The van der Waals surface area contributed by atoms with Crippen LogP contribution >= 0.6 is 0 Å². The first-order valence-corrected chi connectivity index (χ1v) is 15.9. The summed E-state index contributed by atoms with van der Waals surface area (Å²) in [5.41, 5.74) is 10.7. The molecule has 0 aliphatic rings. The lowest BCUT2D eigenvalue weighted by atomic mass is 9.89. The Morgan fingerprint density at radius 1 is 0.479 bits per heavy atom. The van der Waals surface area contributed by atoms with E-state index in [-0.39, 0.29) is 0 Å². The maximum Gasteiger partial charge on any atom is 0.195 e. The van der Waals surface area contributed by atoms with Gasteiger partial charge in [-0.25, -0.2) is 4.85 Å². The van der Waals surface area contributed by atoms with Crippen LogP contribution in [0, 0.1) is 17.9 Å².